The van der Waals surface area contributed by atoms with Crippen molar-refractivity contribution in [1.29, 1.82) is 0 Å². The van der Waals surface area contributed by atoms with Gasteiger partial charge in [-0.25, -0.2) is 4.98 Å². The van der Waals surface area contributed by atoms with Crippen LogP contribution in [0.25, 0.3) is 5.52 Å². The van der Waals surface area contributed by atoms with Crippen molar-refractivity contribution in [1.82, 2.24) is 14.7 Å². The molecule has 0 radical (unpaired) electrons. The summed E-state index contributed by atoms with van der Waals surface area (Å²) in [5, 5.41) is 13.4. The van der Waals surface area contributed by atoms with Gasteiger partial charge in [0.15, 0.2) is 0 Å². The average molecular weight is 217 g/mol. The lowest BCUT2D eigenvalue weighted by Crippen LogP contribution is -2.37. The van der Waals surface area contributed by atoms with Crippen molar-refractivity contribution in [2.45, 2.75) is 25.0 Å². The van der Waals surface area contributed by atoms with E-state index < -0.39 is 0 Å². The van der Waals surface area contributed by atoms with E-state index >= 15 is 0 Å². The topological polar surface area (TPSA) is 49.6 Å². The number of rotatable bonds is 1. The zero-order valence-corrected chi connectivity index (χ0v) is 9.00. The highest BCUT2D eigenvalue weighted by Gasteiger charge is 2.25. The SMILES string of the molecule is OC1CCCNC1c1ccn2cnccc12. The highest BCUT2D eigenvalue weighted by atomic mass is 16.3. The lowest BCUT2D eigenvalue weighted by Gasteiger charge is -2.28. The minimum absolute atomic E-state index is 0.0566. The van der Waals surface area contributed by atoms with E-state index in [1.54, 1.807) is 12.5 Å². The summed E-state index contributed by atoms with van der Waals surface area (Å²) in [4.78, 5) is 4.07. The van der Waals surface area contributed by atoms with Crippen LogP contribution in [0, 0.1) is 0 Å². The molecule has 16 heavy (non-hydrogen) atoms. The van der Waals surface area contributed by atoms with Crippen molar-refractivity contribution in [2.75, 3.05) is 6.54 Å². The van der Waals surface area contributed by atoms with Gasteiger partial charge in [0.2, 0.25) is 0 Å². The third kappa shape index (κ3) is 1.50. The van der Waals surface area contributed by atoms with Crippen LogP contribution >= 0.6 is 0 Å². The van der Waals surface area contributed by atoms with E-state index in [4.69, 9.17) is 0 Å². The first kappa shape index (κ1) is 9.81. The van der Waals surface area contributed by atoms with Gasteiger partial charge in [0.25, 0.3) is 0 Å². The Kier molecular flexibility index (Phi) is 2.38. The molecule has 4 heteroatoms. The Morgan fingerprint density at radius 1 is 1.44 bits per heavy atom. The predicted octanol–water partition coefficient (Wildman–Crippen LogP) is 1.12. The Morgan fingerprint density at radius 2 is 2.38 bits per heavy atom. The van der Waals surface area contributed by atoms with Crippen LogP contribution in [-0.4, -0.2) is 27.1 Å². The fourth-order valence-electron chi connectivity index (χ4n) is 2.43. The third-order valence-corrected chi connectivity index (χ3v) is 3.26. The molecule has 0 saturated carbocycles. The van der Waals surface area contributed by atoms with Gasteiger partial charge >= 0.3 is 0 Å². The number of hydrogen-bond donors (Lipinski definition) is 2. The normalized spacial score (nSPS) is 26.1. The Bertz CT molecular complexity index is 494. The second-order valence-corrected chi connectivity index (χ2v) is 4.29. The summed E-state index contributed by atoms with van der Waals surface area (Å²) in [7, 11) is 0. The minimum Gasteiger partial charge on any atom is -0.391 e. The number of hydrogen-bond acceptors (Lipinski definition) is 3. The van der Waals surface area contributed by atoms with Gasteiger partial charge in [-0.15, -0.1) is 0 Å². The molecule has 2 aromatic rings. The largest absolute Gasteiger partial charge is 0.391 e. The van der Waals surface area contributed by atoms with Crippen molar-refractivity contribution in [3.8, 4) is 0 Å². The van der Waals surface area contributed by atoms with E-state index in [-0.39, 0.29) is 12.1 Å². The molecule has 0 aromatic carbocycles. The summed E-state index contributed by atoms with van der Waals surface area (Å²) in [5.41, 5.74) is 2.28. The Morgan fingerprint density at radius 3 is 3.25 bits per heavy atom. The fourth-order valence-corrected chi connectivity index (χ4v) is 2.43. The number of aromatic nitrogens is 2. The van der Waals surface area contributed by atoms with E-state index in [0.29, 0.717) is 0 Å². The smallest absolute Gasteiger partial charge is 0.0990 e. The van der Waals surface area contributed by atoms with Crippen molar-refractivity contribution in [2.24, 2.45) is 0 Å². The second kappa shape index (κ2) is 3.88. The molecule has 2 N–H and O–H groups in total. The van der Waals surface area contributed by atoms with Crippen LogP contribution in [-0.2, 0) is 0 Å². The number of nitrogens with zero attached hydrogens (tertiary/aromatic N) is 2. The fraction of sp³-hybridized carbons (Fsp3) is 0.417. The Hall–Kier alpha value is -1.39. The van der Waals surface area contributed by atoms with E-state index in [1.165, 1.54) is 0 Å². The molecule has 2 unspecified atom stereocenters. The molecular weight excluding hydrogens is 202 g/mol. The number of nitrogens with one attached hydrogen (secondary N) is 1. The first-order chi connectivity index (χ1) is 7.86. The standard InChI is InChI=1S/C12H15N3O/c16-11-2-1-5-14-12(11)9-4-7-15-8-13-6-3-10(9)15/h3-4,6-8,11-12,14,16H,1-2,5H2. The van der Waals surface area contributed by atoms with Crippen molar-refractivity contribution in [3.05, 3.63) is 36.4 Å². The average Bonchev–Trinajstić information content (AvgIpc) is 2.74. The zero-order chi connectivity index (χ0) is 11.0. The maximum absolute atomic E-state index is 10.0. The molecule has 0 aliphatic carbocycles. The number of aliphatic hydroxyl groups excluding tert-OH is 1. The van der Waals surface area contributed by atoms with Crippen molar-refractivity contribution >= 4 is 5.52 Å². The lowest BCUT2D eigenvalue weighted by atomic mass is 9.95. The van der Waals surface area contributed by atoms with Crippen LogP contribution in [0.3, 0.4) is 0 Å². The molecule has 0 amide bonds. The summed E-state index contributed by atoms with van der Waals surface area (Å²) in [6.07, 6.45) is 7.20. The highest BCUT2D eigenvalue weighted by Crippen LogP contribution is 2.27. The second-order valence-electron chi connectivity index (χ2n) is 4.29. The first-order valence-corrected chi connectivity index (χ1v) is 5.68. The maximum atomic E-state index is 10.0. The van der Waals surface area contributed by atoms with E-state index in [1.807, 2.05) is 16.7 Å². The van der Waals surface area contributed by atoms with Gasteiger partial charge < -0.3 is 14.8 Å². The Labute approximate surface area is 93.9 Å². The Balaban J connectivity index is 2.04. The number of piperidine rings is 1. The van der Waals surface area contributed by atoms with E-state index in [2.05, 4.69) is 16.4 Å². The van der Waals surface area contributed by atoms with Gasteiger partial charge in [-0.2, -0.15) is 0 Å². The van der Waals surface area contributed by atoms with Crippen molar-refractivity contribution in [3.63, 3.8) is 0 Å². The monoisotopic (exact) mass is 217 g/mol. The van der Waals surface area contributed by atoms with E-state index in [0.717, 1.165) is 30.5 Å². The van der Waals surface area contributed by atoms with Crippen molar-refractivity contribution < 1.29 is 5.11 Å². The summed E-state index contributed by atoms with van der Waals surface area (Å²) >= 11 is 0. The summed E-state index contributed by atoms with van der Waals surface area (Å²) in [6.45, 7) is 0.976. The summed E-state index contributed by atoms with van der Waals surface area (Å²) < 4.78 is 1.98. The molecule has 84 valence electrons. The van der Waals surface area contributed by atoms with Crippen LogP contribution in [0.15, 0.2) is 30.9 Å². The molecule has 0 bridgehead atoms. The third-order valence-electron chi connectivity index (χ3n) is 3.26. The molecule has 3 rings (SSSR count). The van der Waals surface area contributed by atoms with Gasteiger partial charge in [-0.1, -0.05) is 0 Å². The predicted molar refractivity (Wildman–Crippen MR) is 61.2 cm³/mol. The molecule has 3 heterocycles. The van der Waals surface area contributed by atoms with Gasteiger partial charge in [-0.05, 0) is 37.1 Å². The molecule has 1 aliphatic rings. The van der Waals surface area contributed by atoms with Gasteiger partial charge in [0.1, 0.15) is 0 Å². The minimum atomic E-state index is -0.284. The van der Waals surface area contributed by atoms with E-state index in [9.17, 15) is 5.11 Å². The number of fused-ring (bicyclic) bond motifs is 1. The van der Waals surface area contributed by atoms with Crippen LogP contribution in [0.5, 0.6) is 0 Å². The molecule has 1 fully saturated rings. The van der Waals surface area contributed by atoms with Gasteiger partial charge in [-0.3, -0.25) is 0 Å². The van der Waals surface area contributed by atoms with Crippen LogP contribution < -0.4 is 5.32 Å². The first-order valence-electron chi connectivity index (χ1n) is 5.68. The lowest BCUT2D eigenvalue weighted by molar-refractivity contribution is 0.0971. The molecule has 1 saturated heterocycles. The molecule has 0 spiro atoms. The zero-order valence-electron chi connectivity index (χ0n) is 9.00. The van der Waals surface area contributed by atoms with Crippen LogP contribution in [0.4, 0.5) is 0 Å². The summed E-state index contributed by atoms with van der Waals surface area (Å²) in [5.74, 6) is 0. The molecule has 4 nitrogen and oxygen atoms in total. The molecular formula is C12H15N3O. The van der Waals surface area contributed by atoms with Gasteiger partial charge in [0.05, 0.1) is 24.0 Å². The highest BCUT2D eigenvalue weighted by molar-refractivity contribution is 5.56. The molecule has 2 aromatic heterocycles. The summed E-state index contributed by atoms with van der Waals surface area (Å²) in [6, 6.07) is 4.10. The van der Waals surface area contributed by atoms with Gasteiger partial charge in [0, 0.05) is 12.4 Å². The quantitative estimate of drug-likeness (QED) is 0.752. The van der Waals surface area contributed by atoms with Crippen LogP contribution in [0.2, 0.25) is 0 Å². The molecule has 2 atom stereocenters. The van der Waals surface area contributed by atoms with Crippen LogP contribution in [0.1, 0.15) is 24.4 Å². The number of aliphatic hydroxyl groups is 1. The molecule has 1 aliphatic heterocycles. The maximum Gasteiger partial charge on any atom is 0.0990 e.